The third-order valence-electron chi connectivity index (χ3n) is 3.24. The molecule has 0 saturated carbocycles. The van der Waals surface area contributed by atoms with Crippen LogP contribution >= 0.6 is 22.9 Å². The fourth-order valence-corrected chi connectivity index (χ4v) is 3.64. The van der Waals surface area contributed by atoms with Crippen LogP contribution in [0.5, 0.6) is 0 Å². The molecule has 0 bridgehead atoms. The van der Waals surface area contributed by atoms with E-state index >= 15 is 0 Å². The molecule has 15 heavy (non-hydrogen) atoms. The zero-order valence-corrected chi connectivity index (χ0v) is 10.6. The summed E-state index contributed by atoms with van der Waals surface area (Å²) in [6.45, 7) is 4.13. The average molecular weight is 243 g/mol. The van der Waals surface area contributed by atoms with Gasteiger partial charge in [0.15, 0.2) is 0 Å². The predicted octanol–water partition coefficient (Wildman–Crippen LogP) is 3.74. The first-order valence-electron chi connectivity index (χ1n) is 5.42. The highest BCUT2D eigenvalue weighted by Crippen LogP contribution is 2.38. The minimum atomic E-state index is -0.248. The van der Waals surface area contributed by atoms with Gasteiger partial charge in [-0.1, -0.05) is 13.3 Å². The van der Waals surface area contributed by atoms with Gasteiger partial charge in [0, 0.05) is 9.75 Å². The highest BCUT2D eigenvalue weighted by molar-refractivity contribution is 7.12. The molecule has 82 valence electrons. The molecule has 1 aliphatic carbocycles. The van der Waals surface area contributed by atoms with E-state index < -0.39 is 0 Å². The van der Waals surface area contributed by atoms with Crippen LogP contribution in [-0.4, -0.2) is 5.24 Å². The summed E-state index contributed by atoms with van der Waals surface area (Å²) in [5.41, 5.74) is 1.45. The van der Waals surface area contributed by atoms with Crippen LogP contribution in [0.4, 0.5) is 0 Å². The lowest BCUT2D eigenvalue weighted by molar-refractivity contribution is -0.112. The summed E-state index contributed by atoms with van der Waals surface area (Å²) in [7, 11) is 0. The summed E-state index contributed by atoms with van der Waals surface area (Å²) in [5.74, 6) is 0.685. The molecule has 1 aromatic heterocycles. The molecule has 0 aliphatic heterocycles. The second-order valence-electron chi connectivity index (χ2n) is 4.31. The van der Waals surface area contributed by atoms with Gasteiger partial charge >= 0.3 is 0 Å². The molecule has 0 amide bonds. The minimum Gasteiger partial charge on any atom is -0.281 e. The van der Waals surface area contributed by atoms with Crippen molar-refractivity contribution in [2.24, 2.45) is 5.92 Å². The van der Waals surface area contributed by atoms with E-state index in [2.05, 4.69) is 13.0 Å². The molecular weight excluding hydrogens is 228 g/mol. The van der Waals surface area contributed by atoms with Crippen LogP contribution in [0.2, 0.25) is 0 Å². The minimum absolute atomic E-state index is 0.137. The zero-order valence-electron chi connectivity index (χ0n) is 9.05. The SMILES string of the molecule is CCC1Cc2cc(C(C)C(=O)Cl)sc2C1. The summed E-state index contributed by atoms with van der Waals surface area (Å²) >= 11 is 7.28. The lowest BCUT2D eigenvalue weighted by atomic mass is 10.0. The predicted molar refractivity (Wildman–Crippen MR) is 64.8 cm³/mol. The Kier molecular flexibility index (Phi) is 3.17. The molecule has 1 aliphatic rings. The number of carbonyl (C=O) groups excluding carboxylic acids is 1. The summed E-state index contributed by atoms with van der Waals surface area (Å²) in [6, 6.07) is 2.18. The topological polar surface area (TPSA) is 17.1 Å². The molecule has 0 spiro atoms. The van der Waals surface area contributed by atoms with Crippen molar-refractivity contribution in [3.63, 3.8) is 0 Å². The number of hydrogen-bond acceptors (Lipinski definition) is 2. The number of rotatable bonds is 3. The van der Waals surface area contributed by atoms with Gasteiger partial charge in [0.05, 0.1) is 5.92 Å². The third-order valence-corrected chi connectivity index (χ3v) is 4.95. The van der Waals surface area contributed by atoms with Gasteiger partial charge in [0.25, 0.3) is 0 Å². The van der Waals surface area contributed by atoms with Gasteiger partial charge in [-0.3, -0.25) is 4.79 Å². The Hall–Kier alpha value is -0.340. The fourth-order valence-electron chi connectivity index (χ4n) is 2.09. The maximum absolute atomic E-state index is 11.1. The second kappa shape index (κ2) is 4.26. The van der Waals surface area contributed by atoms with Crippen LogP contribution in [0.1, 0.15) is 41.5 Å². The third kappa shape index (κ3) is 2.11. The van der Waals surface area contributed by atoms with Gasteiger partial charge in [-0.2, -0.15) is 0 Å². The van der Waals surface area contributed by atoms with Crippen molar-refractivity contribution in [2.75, 3.05) is 0 Å². The molecule has 1 nitrogen and oxygen atoms in total. The van der Waals surface area contributed by atoms with Crippen molar-refractivity contribution in [3.05, 3.63) is 21.4 Å². The van der Waals surface area contributed by atoms with Crippen molar-refractivity contribution in [1.82, 2.24) is 0 Å². The molecule has 1 heterocycles. The van der Waals surface area contributed by atoms with Crippen LogP contribution in [0.15, 0.2) is 6.07 Å². The Morgan fingerprint density at radius 2 is 2.40 bits per heavy atom. The van der Waals surface area contributed by atoms with Crippen LogP contribution in [0.3, 0.4) is 0 Å². The van der Waals surface area contributed by atoms with Gasteiger partial charge in [-0.05, 0) is 48.9 Å². The largest absolute Gasteiger partial charge is 0.281 e. The Balaban J connectivity index is 2.18. The molecule has 0 radical (unpaired) electrons. The van der Waals surface area contributed by atoms with Crippen LogP contribution < -0.4 is 0 Å². The molecule has 3 heteroatoms. The Labute approximate surface area is 99.5 Å². The highest BCUT2D eigenvalue weighted by Gasteiger charge is 2.25. The van der Waals surface area contributed by atoms with Gasteiger partial charge in [-0.25, -0.2) is 0 Å². The lowest BCUT2D eigenvalue weighted by Gasteiger charge is -2.05. The first-order valence-corrected chi connectivity index (χ1v) is 6.62. The molecule has 0 saturated heterocycles. The van der Waals surface area contributed by atoms with Crippen molar-refractivity contribution in [3.8, 4) is 0 Å². The van der Waals surface area contributed by atoms with E-state index in [0.29, 0.717) is 0 Å². The Bertz CT molecular complexity index is 359. The number of carbonyl (C=O) groups is 1. The number of thiophene rings is 1. The fraction of sp³-hybridized carbons (Fsp3) is 0.583. The van der Waals surface area contributed by atoms with Gasteiger partial charge in [0.1, 0.15) is 0 Å². The van der Waals surface area contributed by atoms with Gasteiger partial charge in [-0.15, -0.1) is 11.3 Å². The molecular formula is C12H15ClOS. The zero-order chi connectivity index (χ0) is 11.0. The maximum atomic E-state index is 11.1. The summed E-state index contributed by atoms with van der Waals surface area (Å²) in [4.78, 5) is 13.7. The van der Waals surface area contributed by atoms with Gasteiger partial charge in [0.2, 0.25) is 5.24 Å². The second-order valence-corrected chi connectivity index (χ2v) is 5.85. The van der Waals surface area contributed by atoms with E-state index in [1.54, 1.807) is 11.3 Å². The van der Waals surface area contributed by atoms with E-state index in [9.17, 15) is 4.79 Å². The number of fused-ring (bicyclic) bond motifs is 1. The molecule has 2 atom stereocenters. The Morgan fingerprint density at radius 3 is 2.93 bits per heavy atom. The molecule has 0 N–H and O–H groups in total. The van der Waals surface area contributed by atoms with E-state index in [1.165, 1.54) is 29.7 Å². The smallest absolute Gasteiger partial charge is 0.229 e. The highest BCUT2D eigenvalue weighted by atomic mass is 35.5. The Morgan fingerprint density at radius 1 is 1.67 bits per heavy atom. The van der Waals surface area contributed by atoms with Crippen LogP contribution in [0.25, 0.3) is 0 Å². The first kappa shape index (κ1) is 11.2. The van der Waals surface area contributed by atoms with E-state index in [1.807, 2.05) is 6.92 Å². The van der Waals surface area contributed by atoms with Crippen molar-refractivity contribution < 1.29 is 4.79 Å². The quantitative estimate of drug-likeness (QED) is 0.738. The average Bonchev–Trinajstić information content (AvgIpc) is 2.72. The standard InChI is InChI=1S/C12H15ClOS/c1-3-8-4-9-6-10(7(2)12(13)14)15-11(9)5-8/h6-8H,3-5H2,1-2H3. The summed E-state index contributed by atoms with van der Waals surface area (Å²) in [6.07, 6.45) is 3.63. The van der Waals surface area contributed by atoms with Crippen molar-refractivity contribution in [1.29, 1.82) is 0 Å². The van der Waals surface area contributed by atoms with Crippen LogP contribution in [0, 0.1) is 5.92 Å². The monoisotopic (exact) mass is 242 g/mol. The van der Waals surface area contributed by atoms with Crippen molar-refractivity contribution in [2.45, 2.75) is 39.0 Å². The van der Waals surface area contributed by atoms with Gasteiger partial charge < -0.3 is 0 Å². The molecule has 0 fully saturated rings. The van der Waals surface area contributed by atoms with Crippen molar-refractivity contribution >= 4 is 28.2 Å². The van der Waals surface area contributed by atoms with E-state index in [0.717, 1.165) is 10.8 Å². The number of hydrogen-bond donors (Lipinski definition) is 0. The molecule has 0 aromatic carbocycles. The normalized spacial score (nSPS) is 21.4. The van der Waals surface area contributed by atoms with Crippen LogP contribution in [-0.2, 0) is 17.6 Å². The maximum Gasteiger partial charge on any atom is 0.229 e. The summed E-state index contributed by atoms with van der Waals surface area (Å²) in [5, 5.41) is -0.248. The number of halogens is 1. The van der Waals surface area contributed by atoms with E-state index in [-0.39, 0.29) is 11.2 Å². The first-order chi connectivity index (χ1) is 7.11. The molecule has 2 unspecified atom stereocenters. The van der Waals surface area contributed by atoms with E-state index in [4.69, 9.17) is 11.6 Å². The molecule has 1 aromatic rings. The summed E-state index contributed by atoms with van der Waals surface area (Å²) < 4.78 is 0. The lowest BCUT2D eigenvalue weighted by Crippen LogP contribution is -2.00. The molecule has 2 rings (SSSR count).